The van der Waals surface area contributed by atoms with E-state index < -0.39 is 5.41 Å². The van der Waals surface area contributed by atoms with Crippen molar-refractivity contribution in [3.8, 4) is 6.07 Å². The molecule has 0 radical (unpaired) electrons. The second-order valence-electron chi connectivity index (χ2n) is 4.15. The molecule has 0 aliphatic heterocycles. The van der Waals surface area contributed by atoms with Crippen LogP contribution in [0, 0.1) is 25.2 Å². The molecule has 1 nitrogen and oxygen atoms in total. The van der Waals surface area contributed by atoms with Gasteiger partial charge in [-0.25, -0.2) is 0 Å². The summed E-state index contributed by atoms with van der Waals surface area (Å²) in [6, 6.07) is 6.49. The number of hydrogen-bond donors (Lipinski definition) is 0. The van der Waals surface area contributed by atoms with Gasteiger partial charge < -0.3 is 0 Å². The van der Waals surface area contributed by atoms with Gasteiger partial charge in [-0.15, -0.1) is 0 Å². The molecule has 0 saturated heterocycles. The summed E-state index contributed by atoms with van der Waals surface area (Å²) in [5, 5.41) is 9.07. The second-order valence-corrected chi connectivity index (χ2v) is 5.01. The first-order valence-corrected chi connectivity index (χ1v) is 5.36. The minimum absolute atomic E-state index is 0.407. The zero-order valence-electron chi connectivity index (χ0n) is 8.98. The van der Waals surface area contributed by atoms with Gasteiger partial charge in [0.05, 0.1) is 11.5 Å². The van der Waals surface area contributed by atoms with Crippen molar-refractivity contribution in [3.63, 3.8) is 0 Å². The predicted octanol–water partition coefficient (Wildman–Crippen LogP) is 3.87. The van der Waals surface area contributed by atoms with Gasteiger partial charge in [-0.2, -0.15) is 5.26 Å². The van der Waals surface area contributed by atoms with Crippen LogP contribution in [0.1, 0.15) is 30.5 Å². The molecule has 0 aliphatic rings. The highest BCUT2D eigenvalue weighted by molar-refractivity contribution is 9.10. The zero-order chi connectivity index (χ0) is 10.9. The Labute approximate surface area is 93.9 Å². The van der Waals surface area contributed by atoms with Gasteiger partial charge in [0.15, 0.2) is 0 Å². The van der Waals surface area contributed by atoms with E-state index in [1.165, 1.54) is 5.56 Å². The summed E-state index contributed by atoms with van der Waals surface area (Å²) >= 11 is 3.49. The molecule has 0 aromatic heterocycles. The molecule has 2 heteroatoms. The number of hydrogen-bond acceptors (Lipinski definition) is 1. The SMILES string of the molecule is Cc1cc(C(C)(C)C#N)c(C)cc1Br. The van der Waals surface area contributed by atoms with Gasteiger partial charge in [0, 0.05) is 4.47 Å². The van der Waals surface area contributed by atoms with Crippen molar-refractivity contribution >= 4 is 15.9 Å². The maximum atomic E-state index is 9.07. The van der Waals surface area contributed by atoms with Crippen molar-refractivity contribution in [2.24, 2.45) is 0 Å². The Kier molecular flexibility index (Phi) is 3.01. The Morgan fingerprint density at radius 3 is 2.29 bits per heavy atom. The topological polar surface area (TPSA) is 23.8 Å². The van der Waals surface area contributed by atoms with Crippen molar-refractivity contribution in [1.29, 1.82) is 5.26 Å². The average molecular weight is 252 g/mol. The zero-order valence-corrected chi connectivity index (χ0v) is 10.6. The Morgan fingerprint density at radius 2 is 1.79 bits per heavy atom. The smallest absolute Gasteiger partial charge is 0.0768 e. The number of rotatable bonds is 1. The van der Waals surface area contributed by atoms with E-state index >= 15 is 0 Å². The van der Waals surface area contributed by atoms with E-state index in [9.17, 15) is 0 Å². The van der Waals surface area contributed by atoms with Gasteiger partial charge in [0.2, 0.25) is 0 Å². The van der Waals surface area contributed by atoms with E-state index in [-0.39, 0.29) is 0 Å². The summed E-state index contributed by atoms with van der Waals surface area (Å²) in [6.07, 6.45) is 0. The lowest BCUT2D eigenvalue weighted by atomic mass is 9.83. The normalized spacial score (nSPS) is 11.1. The van der Waals surface area contributed by atoms with Crippen LogP contribution in [-0.4, -0.2) is 0 Å². The molecule has 0 saturated carbocycles. The molecule has 1 rings (SSSR count). The summed E-state index contributed by atoms with van der Waals surface area (Å²) in [5.41, 5.74) is 3.04. The van der Waals surface area contributed by atoms with Crippen LogP contribution in [0.3, 0.4) is 0 Å². The van der Waals surface area contributed by atoms with Crippen LogP contribution in [-0.2, 0) is 5.41 Å². The highest BCUT2D eigenvalue weighted by Gasteiger charge is 2.22. The standard InChI is InChI=1S/C12H14BrN/c1-8-6-11(13)9(2)5-10(8)12(3,4)7-14/h5-6H,1-4H3. The third kappa shape index (κ3) is 1.99. The van der Waals surface area contributed by atoms with Crippen molar-refractivity contribution in [2.45, 2.75) is 33.1 Å². The molecule has 0 fully saturated rings. The molecule has 0 bridgehead atoms. The van der Waals surface area contributed by atoms with Crippen LogP contribution in [0.5, 0.6) is 0 Å². The van der Waals surface area contributed by atoms with E-state index in [4.69, 9.17) is 5.26 Å². The van der Waals surface area contributed by atoms with Crippen LogP contribution in [0.2, 0.25) is 0 Å². The molecule has 1 aromatic carbocycles. The molecule has 0 unspecified atom stereocenters. The number of benzene rings is 1. The van der Waals surface area contributed by atoms with Gasteiger partial charge >= 0.3 is 0 Å². The number of halogens is 1. The van der Waals surface area contributed by atoms with Crippen molar-refractivity contribution in [3.05, 3.63) is 33.3 Å². The fraction of sp³-hybridized carbons (Fsp3) is 0.417. The second kappa shape index (κ2) is 3.74. The first kappa shape index (κ1) is 11.3. The van der Waals surface area contributed by atoms with E-state index in [0.717, 1.165) is 15.6 Å². The monoisotopic (exact) mass is 251 g/mol. The third-order valence-corrected chi connectivity index (χ3v) is 3.31. The van der Waals surface area contributed by atoms with Crippen molar-refractivity contribution < 1.29 is 0 Å². The molecule has 0 heterocycles. The van der Waals surface area contributed by atoms with Crippen LogP contribution in [0.4, 0.5) is 0 Å². The average Bonchev–Trinajstić information content (AvgIpc) is 2.11. The van der Waals surface area contributed by atoms with Crippen LogP contribution in [0.25, 0.3) is 0 Å². The molecule has 1 aromatic rings. The maximum Gasteiger partial charge on any atom is 0.0768 e. The first-order valence-electron chi connectivity index (χ1n) is 4.57. The molecule has 74 valence electrons. The van der Waals surface area contributed by atoms with Gasteiger partial charge in [0.25, 0.3) is 0 Å². The van der Waals surface area contributed by atoms with E-state index in [1.54, 1.807) is 0 Å². The number of nitriles is 1. The fourth-order valence-electron chi connectivity index (χ4n) is 1.51. The van der Waals surface area contributed by atoms with Crippen LogP contribution < -0.4 is 0 Å². The lowest BCUT2D eigenvalue weighted by Gasteiger charge is -2.19. The van der Waals surface area contributed by atoms with E-state index in [1.807, 2.05) is 27.7 Å². The third-order valence-electron chi connectivity index (χ3n) is 2.46. The van der Waals surface area contributed by atoms with Crippen molar-refractivity contribution in [1.82, 2.24) is 0 Å². The number of nitrogens with zero attached hydrogens (tertiary/aromatic N) is 1. The fourth-order valence-corrected chi connectivity index (χ4v) is 1.97. The van der Waals surface area contributed by atoms with Crippen LogP contribution >= 0.6 is 15.9 Å². The Balaban J connectivity index is 3.38. The summed E-state index contributed by atoms with van der Waals surface area (Å²) in [6.45, 7) is 7.98. The van der Waals surface area contributed by atoms with E-state index in [2.05, 4.69) is 34.1 Å². The molecule has 0 N–H and O–H groups in total. The van der Waals surface area contributed by atoms with Crippen LogP contribution in [0.15, 0.2) is 16.6 Å². The lowest BCUT2D eigenvalue weighted by molar-refractivity contribution is 0.680. The van der Waals surface area contributed by atoms with Gasteiger partial charge in [0.1, 0.15) is 0 Å². The maximum absolute atomic E-state index is 9.07. The number of aryl methyl sites for hydroxylation is 2. The molecular weight excluding hydrogens is 238 g/mol. The molecule has 14 heavy (non-hydrogen) atoms. The summed E-state index contributed by atoms with van der Waals surface area (Å²) in [4.78, 5) is 0. The van der Waals surface area contributed by atoms with E-state index in [0.29, 0.717) is 0 Å². The highest BCUT2D eigenvalue weighted by atomic mass is 79.9. The highest BCUT2D eigenvalue weighted by Crippen LogP contribution is 2.29. The van der Waals surface area contributed by atoms with Crippen molar-refractivity contribution in [2.75, 3.05) is 0 Å². The molecule has 0 atom stereocenters. The molecular formula is C12H14BrN. The largest absolute Gasteiger partial charge is 0.197 e. The summed E-state index contributed by atoms with van der Waals surface area (Å²) in [7, 11) is 0. The lowest BCUT2D eigenvalue weighted by Crippen LogP contribution is -2.15. The molecule has 0 aliphatic carbocycles. The Bertz CT molecular complexity index is 400. The predicted molar refractivity (Wildman–Crippen MR) is 62.3 cm³/mol. The quantitative estimate of drug-likeness (QED) is 0.744. The Hall–Kier alpha value is -0.810. The minimum Gasteiger partial charge on any atom is -0.197 e. The molecule has 0 spiro atoms. The molecule has 0 amide bonds. The van der Waals surface area contributed by atoms with Gasteiger partial charge in [-0.1, -0.05) is 22.0 Å². The first-order chi connectivity index (χ1) is 6.38. The summed E-state index contributed by atoms with van der Waals surface area (Å²) < 4.78 is 1.10. The summed E-state index contributed by atoms with van der Waals surface area (Å²) in [5.74, 6) is 0. The Morgan fingerprint density at radius 1 is 1.21 bits per heavy atom. The van der Waals surface area contributed by atoms with Gasteiger partial charge in [-0.05, 0) is 50.5 Å². The minimum atomic E-state index is -0.407. The van der Waals surface area contributed by atoms with Gasteiger partial charge in [-0.3, -0.25) is 0 Å².